The van der Waals surface area contributed by atoms with Gasteiger partial charge in [0.2, 0.25) is 0 Å². The molecule has 2 rings (SSSR count). The molecule has 0 aromatic heterocycles. The van der Waals surface area contributed by atoms with Gasteiger partial charge >= 0.3 is 12.2 Å². The standard InChI is InChI=1S/C15H17F3N2O2/c1-3-9(2)20-13(21)12(19-14(20)22)8-10-5-4-6-11(7-10)15(16,17)18/h4-7,9,12H,3,8H2,1-2H3,(H,19,22). The number of imide groups is 1. The van der Waals surface area contributed by atoms with Crippen LogP contribution in [0.15, 0.2) is 24.3 Å². The Hall–Kier alpha value is -2.05. The van der Waals surface area contributed by atoms with Crippen LogP contribution in [-0.4, -0.2) is 28.9 Å². The highest BCUT2D eigenvalue weighted by Gasteiger charge is 2.40. The van der Waals surface area contributed by atoms with Gasteiger partial charge in [0.25, 0.3) is 5.91 Å². The third-order valence-electron chi connectivity index (χ3n) is 3.78. The van der Waals surface area contributed by atoms with Crippen LogP contribution in [0.3, 0.4) is 0 Å². The fourth-order valence-corrected chi connectivity index (χ4v) is 2.40. The van der Waals surface area contributed by atoms with Gasteiger partial charge in [0.1, 0.15) is 6.04 Å². The van der Waals surface area contributed by atoms with E-state index in [1.54, 1.807) is 6.92 Å². The molecule has 1 fully saturated rings. The van der Waals surface area contributed by atoms with Crippen molar-refractivity contribution in [2.24, 2.45) is 0 Å². The number of halogens is 3. The van der Waals surface area contributed by atoms with E-state index in [9.17, 15) is 22.8 Å². The van der Waals surface area contributed by atoms with Gasteiger partial charge in [-0.15, -0.1) is 0 Å². The molecule has 22 heavy (non-hydrogen) atoms. The second kappa shape index (κ2) is 5.98. The van der Waals surface area contributed by atoms with E-state index in [4.69, 9.17) is 0 Å². The molecule has 1 N–H and O–H groups in total. The average molecular weight is 314 g/mol. The smallest absolute Gasteiger partial charge is 0.325 e. The van der Waals surface area contributed by atoms with Crippen LogP contribution in [0.25, 0.3) is 0 Å². The maximum absolute atomic E-state index is 12.7. The summed E-state index contributed by atoms with van der Waals surface area (Å²) in [6.45, 7) is 3.61. The van der Waals surface area contributed by atoms with Gasteiger partial charge in [-0.25, -0.2) is 4.79 Å². The van der Waals surface area contributed by atoms with Crippen molar-refractivity contribution in [3.05, 3.63) is 35.4 Å². The quantitative estimate of drug-likeness (QED) is 0.869. The van der Waals surface area contributed by atoms with Crippen LogP contribution in [0, 0.1) is 0 Å². The first-order chi connectivity index (χ1) is 10.2. The fourth-order valence-electron chi connectivity index (χ4n) is 2.40. The number of carbonyl (C=O) groups excluding carboxylic acids is 2. The van der Waals surface area contributed by atoms with Crippen LogP contribution in [0.4, 0.5) is 18.0 Å². The monoisotopic (exact) mass is 314 g/mol. The van der Waals surface area contributed by atoms with Gasteiger partial charge < -0.3 is 5.32 Å². The van der Waals surface area contributed by atoms with Gasteiger partial charge in [-0.05, 0) is 25.0 Å². The fraction of sp³-hybridized carbons (Fsp3) is 0.467. The van der Waals surface area contributed by atoms with Crippen molar-refractivity contribution in [1.82, 2.24) is 10.2 Å². The summed E-state index contributed by atoms with van der Waals surface area (Å²) in [7, 11) is 0. The predicted octanol–water partition coefficient (Wildman–Crippen LogP) is 2.97. The molecule has 0 aliphatic carbocycles. The molecule has 0 bridgehead atoms. The van der Waals surface area contributed by atoms with Gasteiger partial charge in [-0.1, -0.05) is 25.1 Å². The third-order valence-corrected chi connectivity index (χ3v) is 3.78. The molecule has 1 aliphatic heterocycles. The predicted molar refractivity (Wildman–Crippen MR) is 74.1 cm³/mol. The number of carbonyl (C=O) groups is 2. The van der Waals surface area contributed by atoms with E-state index in [0.29, 0.717) is 12.0 Å². The Kier molecular flexibility index (Phi) is 4.44. The van der Waals surface area contributed by atoms with Crippen molar-refractivity contribution in [1.29, 1.82) is 0 Å². The van der Waals surface area contributed by atoms with Crippen LogP contribution >= 0.6 is 0 Å². The molecule has 0 radical (unpaired) electrons. The highest BCUT2D eigenvalue weighted by Crippen LogP contribution is 2.30. The van der Waals surface area contributed by atoms with E-state index in [1.807, 2.05) is 6.92 Å². The number of rotatable bonds is 4. The van der Waals surface area contributed by atoms with E-state index in [-0.39, 0.29) is 12.5 Å². The summed E-state index contributed by atoms with van der Waals surface area (Å²) in [5, 5.41) is 2.53. The van der Waals surface area contributed by atoms with Gasteiger partial charge in [-0.2, -0.15) is 13.2 Å². The molecular weight excluding hydrogens is 297 g/mol. The molecule has 2 unspecified atom stereocenters. The minimum Gasteiger partial charge on any atom is -0.325 e. The first kappa shape index (κ1) is 16.3. The summed E-state index contributed by atoms with van der Waals surface area (Å²) in [5.74, 6) is -0.392. The number of alkyl halides is 3. The number of hydrogen-bond acceptors (Lipinski definition) is 2. The van der Waals surface area contributed by atoms with Gasteiger partial charge in [0, 0.05) is 12.5 Å². The lowest BCUT2D eigenvalue weighted by Gasteiger charge is -2.19. The van der Waals surface area contributed by atoms with E-state index >= 15 is 0 Å². The molecule has 0 saturated carbocycles. The van der Waals surface area contributed by atoms with Crippen molar-refractivity contribution in [2.45, 2.75) is 44.9 Å². The summed E-state index contributed by atoms with van der Waals surface area (Å²) in [5.41, 5.74) is -0.403. The summed E-state index contributed by atoms with van der Waals surface area (Å²) >= 11 is 0. The van der Waals surface area contributed by atoms with E-state index in [0.717, 1.165) is 17.0 Å². The van der Waals surface area contributed by atoms with Crippen molar-refractivity contribution >= 4 is 11.9 Å². The minimum absolute atomic E-state index is 0.0431. The van der Waals surface area contributed by atoms with E-state index in [1.165, 1.54) is 12.1 Å². The third kappa shape index (κ3) is 3.23. The number of urea groups is 1. The number of nitrogens with one attached hydrogen (secondary N) is 1. The first-order valence-electron chi connectivity index (χ1n) is 7.03. The zero-order chi connectivity index (χ0) is 16.5. The second-order valence-electron chi connectivity index (χ2n) is 5.37. The van der Waals surface area contributed by atoms with Crippen LogP contribution in [0.1, 0.15) is 31.4 Å². The molecule has 3 amide bonds. The van der Waals surface area contributed by atoms with Crippen LogP contribution < -0.4 is 5.32 Å². The van der Waals surface area contributed by atoms with Crippen LogP contribution in [0.5, 0.6) is 0 Å². The van der Waals surface area contributed by atoms with Gasteiger partial charge in [0.05, 0.1) is 5.56 Å². The van der Waals surface area contributed by atoms with E-state index < -0.39 is 29.7 Å². The molecule has 120 valence electrons. The van der Waals surface area contributed by atoms with Crippen LogP contribution in [0.2, 0.25) is 0 Å². The molecule has 4 nitrogen and oxygen atoms in total. The Morgan fingerprint density at radius 3 is 2.59 bits per heavy atom. The molecular formula is C15H17F3N2O2. The Morgan fingerprint density at radius 2 is 2.00 bits per heavy atom. The highest BCUT2D eigenvalue weighted by atomic mass is 19.4. The van der Waals surface area contributed by atoms with Crippen molar-refractivity contribution in [3.63, 3.8) is 0 Å². The number of benzene rings is 1. The topological polar surface area (TPSA) is 49.4 Å². The largest absolute Gasteiger partial charge is 0.416 e. The number of hydrogen-bond donors (Lipinski definition) is 1. The second-order valence-corrected chi connectivity index (χ2v) is 5.37. The first-order valence-corrected chi connectivity index (χ1v) is 7.03. The number of amides is 3. The Labute approximate surface area is 126 Å². The summed E-state index contributed by atoms with van der Waals surface area (Å²) < 4.78 is 38.1. The maximum atomic E-state index is 12.7. The zero-order valence-corrected chi connectivity index (χ0v) is 12.3. The lowest BCUT2D eigenvalue weighted by atomic mass is 10.0. The molecule has 1 saturated heterocycles. The Morgan fingerprint density at radius 1 is 1.32 bits per heavy atom. The molecule has 0 spiro atoms. The Balaban J connectivity index is 2.15. The van der Waals surface area contributed by atoms with Crippen molar-refractivity contribution < 1.29 is 22.8 Å². The maximum Gasteiger partial charge on any atom is 0.416 e. The average Bonchev–Trinajstić information content (AvgIpc) is 2.72. The van der Waals surface area contributed by atoms with Crippen molar-refractivity contribution in [2.75, 3.05) is 0 Å². The SMILES string of the molecule is CCC(C)N1C(=O)NC(Cc2cccc(C(F)(F)F)c2)C1=O. The summed E-state index contributed by atoms with van der Waals surface area (Å²) in [6, 6.07) is 3.25. The van der Waals surface area contributed by atoms with Crippen molar-refractivity contribution in [3.8, 4) is 0 Å². The summed E-state index contributed by atoms with van der Waals surface area (Å²) in [6.07, 6.45) is -3.77. The van der Waals surface area contributed by atoms with Gasteiger partial charge in [0.15, 0.2) is 0 Å². The molecule has 1 heterocycles. The van der Waals surface area contributed by atoms with E-state index in [2.05, 4.69) is 5.32 Å². The molecule has 7 heteroatoms. The molecule has 1 aromatic carbocycles. The van der Waals surface area contributed by atoms with Gasteiger partial charge in [-0.3, -0.25) is 9.69 Å². The molecule has 1 aliphatic rings. The summed E-state index contributed by atoms with van der Waals surface area (Å²) in [4.78, 5) is 25.2. The lowest BCUT2D eigenvalue weighted by Crippen LogP contribution is -2.39. The minimum atomic E-state index is -4.43. The lowest BCUT2D eigenvalue weighted by molar-refractivity contribution is -0.137. The normalized spacial score (nSPS) is 20.2. The number of nitrogens with zero attached hydrogens (tertiary/aromatic N) is 1. The zero-order valence-electron chi connectivity index (χ0n) is 12.3. The molecule has 1 aromatic rings. The molecule has 2 atom stereocenters. The van der Waals surface area contributed by atoms with Crippen LogP contribution in [-0.2, 0) is 17.4 Å². The highest BCUT2D eigenvalue weighted by molar-refractivity contribution is 6.04. The Bertz CT molecular complexity index is 586.